The van der Waals surface area contributed by atoms with Gasteiger partial charge in [-0.2, -0.15) is 0 Å². The van der Waals surface area contributed by atoms with Crippen LogP contribution in [0.2, 0.25) is 5.02 Å². The van der Waals surface area contributed by atoms with Crippen molar-refractivity contribution in [2.75, 3.05) is 45.3 Å². The first-order valence-electron chi connectivity index (χ1n) is 8.92. The van der Waals surface area contributed by atoms with Crippen molar-refractivity contribution in [2.24, 2.45) is 0 Å². The Balaban J connectivity index is 1.47. The smallest absolute Gasteiger partial charge is 0.257 e. The average Bonchev–Trinajstić information content (AvgIpc) is 3.18. The van der Waals surface area contributed by atoms with Crippen LogP contribution in [0.3, 0.4) is 0 Å². The number of fused-ring (bicyclic) bond motifs is 1. The van der Waals surface area contributed by atoms with Gasteiger partial charge in [0.05, 0.1) is 29.5 Å². The molecule has 1 saturated heterocycles. The number of halogens is 1. The summed E-state index contributed by atoms with van der Waals surface area (Å²) >= 11 is 7.87. The van der Waals surface area contributed by atoms with Crippen molar-refractivity contribution in [2.45, 2.75) is 0 Å². The van der Waals surface area contributed by atoms with E-state index >= 15 is 0 Å². The SMILES string of the molecule is COc1ccc(C(=O)N2CCN(c3nc4c(Cl)cccc4s3)CC2)c(OC)c1. The predicted octanol–water partition coefficient (Wildman–Crippen LogP) is 3.93. The summed E-state index contributed by atoms with van der Waals surface area (Å²) in [6, 6.07) is 11.1. The fourth-order valence-corrected chi connectivity index (χ4v) is 4.60. The summed E-state index contributed by atoms with van der Waals surface area (Å²) in [6.07, 6.45) is 0. The number of aromatic nitrogens is 1. The molecule has 6 nitrogen and oxygen atoms in total. The maximum absolute atomic E-state index is 13.0. The summed E-state index contributed by atoms with van der Waals surface area (Å²) in [6.45, 7) is 2.69. The predicted molar refractivity (Wildman–Crippen MR) is 112 cm³/mol. The second kappa shape index (κ2) is 7.85. The second-order valence-corrected chi connectivity index (χ2v) is 7.84. The highest BCUT2D eigenvalue weighted by atomic mass is 35.5. The minimum atomic E-state index is -0.0357. The van der Waals surface area contributed by atoms with Crippen molar-refractivity contribution in [3.63, 3.8) is 0 Å². The van der Waals surface area contributed by atoms with Gasteiger partial charge in [-0.1, -0.05) is 29.0 Å². The molecule has 1 fully saturated rings. The second-order valence-electron chi connectivity index (χ2n) is 6.43. The molecule has 0 radical (unpaired) electrons. The summed E-state index contributed by atoms with van der Waals surface area (Å²) in [5.41, 5.74) is 1.38. The number of amides is 1. The van der Waals surface area contributed by atoms with Gasteiger partial charge < -0.3 is 19.3 Å². The molecule has 2 aromatic carbocycles. The fraction of sp³-hybridized carbons (Fsp3) is 0.300. The monoisotopic (exact) mass is 417 g/mol. The molecule has 0 bridgehead atoms. The summed E-state index contributed by atoms with van der Waals surface area (Å²) in [5, 5.41) is 1.61. The number of para-hydroxylation sites is 1. The van der Waals surface area contributed by atoms with Crippen LogP contribution in [-0.2, 0) is 0 Å². The molecule has 3 aromatic rings. The quantitative estimate of drug-likeness (QED) is 0.643. The van der Waals surface area contributed by atoms with Gasteiger partial charge in [0.25, 0.3) is 5.91 Å². The number of benzene rings is 2. The molecule has 0 saturated carbocycles. The zero-order chi connectivity index (χ0) is 19.7. The van der Waals surface area contributed by atoms with Crippen LogP contribution in [0, 0.1) is 0 Å². The van der Waals surface area contributed by atoms with E-state index in [1.54, 1.807) is 43.8 Å². The van der Waals surface area contributed by atoms with Gasteiger partial charge in [-0.15, -0.1) is 0 Å². The zero-order valence-corrected chi connectivity index (χ0v) is 17.2. The summed E-state index contributed by atoms with van der Waals surface area (Å²) in [7, 11) is 3.15. The van der Waals surface area contributed by atoms with E-state index in [-0.39, 0.29) is 5.91 Å². The van der Waals surface area contributed by atoms with E-state index in [0.717, 1.165) is 28.4 Å². The number of hydrogen-bond acceptors (Lipinski definition) is 6. The molecule has 4 rings (SSSR count). The molecule has 0 N–H and O–H groups in total. The van der Waals surface area contributed by atoms with Crippen LogP contribution in [0.1, 0.15) is 10.4 Å². The molecule has 146 valence electrons. The normalized spacial score (nSPS) is 14.4. The minimum absolute atomic E-state index is 0.0357. The Kier molecular flexibility index (Phi) is 5.28. The van der Waals surface area contributed by atoms with Crippen LogP contribution in [0.15, 0.2) is 36.4 Å². The minimum Gasteiger partial charge on any atom is -0.497 e. The van der Waals surface area contributed by atoms with Crippen molar-refractivity contribution in [3.05, 3.63) is 47.0 Å². The number of anilines is 1. The third kappa shape index (κ3) is 3.47. The molecular formula is C20H20ClN3O3S. The molecule has 0 aliphatic carbocycles. The van der Waals surface area contributed by atoms with Crippen molar-refractivity contribution in [1.82, 2.24) is 9.88 Å². The number of methoxy groups -OCH3 is 2. The molecule has 0 spiro atoms. The molecule has 1 aliphatic heterocycles. The first kappa shape index (κ1) is 18.8. The Labute approximate surface area is 172 Å². The Morgan fingerprint density at radius 1 is 1.11 bits per heavy atom. The third-order valence-electron chi connectivity index (χ3n) is 4.83. The largest absolute Gasteiger partial charge is 0.497 e. The number of carbonyl (C=O) groups is 1. The van der Waals surface area contributed by atoms with Crippen LogP contribution >= 0.6 is 22.9 Å². The lowest BCUT2D eigenvalue weighted by atomic mass is 10.1. The fourth-order valence-electron chi connectivity index (χ4n) is 3.28. The summed E-state index contributed by atoms with van der Waals surface area (Å²) in [4.78, 5) is 21.7. The van der Waals surface area contributed by atoms with Gasteiger partial charge in [0, 0.05) is 32.2 Å². The summed E-state index contributed by atoms with van der Waals surface area (Å²) < 4.78 is 11.7. The molecule has 0 unspecified atom stereocenters. The van der Waals surface area contributed by atoms with Crippen LogP contribution in [0.5, 0.6) is 11.5 Å². The van der Waals surface area contributed by atoms with Crippen LogP contribution in [0.4, 0.5) is 5.13 Å². The van der Waals surface area contributed by atoms with Gasteiger partial charge in [0.2, 0.25) is 0 Å². The first-order valence-corrected chi connectivity index (χ1v) is 10.1. The molecule has 28 heavy (non-hydrogen) atoms. The molecule has 8 heteroatoms. The number of hydrogen-bond donors (Lipinski definition) is 0. The lowest BCUT2D eigenvalue weighted by molar-refractivity contribution is 0.0743. The molecule has 1 aromatic heterocycles. The number of ether oxygens (including phenoxy) is 2. The van der Waals surface area contributed by atoms with Crippen molar-refractivity contribution in [3.8, 4) is 11.5 Å². The van der Waals surface area contributed by atoms with Gasteiger partial charge >= 0.3 is 0 Å². The van der Waals surface area contributed by atoms with Gasteiger partial charge in [0.15, 0.2) is 5.13 Å². The highest BCUT2D eigenvalue weighted by molar-refractivity contribution is 7.22. The Hall–Kier alpha value is -2.51. The van der Waals surface area contributed by atoms with Gasteiger partial charge in [0.1, 0.15) is 17.0 Å². The van der Waals surface area contributed by atoms with Crippen molar-refractivity contribution < 1.29 is 14.3 Å². The Morgan fingerprint density at radius 3 is 2.57 bits per heavy atom. The lowest BCUT2D eigenvalue weighted by Gasteiger charge is -2.34. The van der Waals surface area contributed by atoms with E-state index in [0.29, 0.717) is 35.2 Å². The van der Waals surface area contributed by atoms with Gasteiger partial charge in [-0.3, -0.25) is 4.79 Å². The lowest BCUT2D eigenvalue weighted by Crippen LogP contribution is -2.48. The number of carbonyl (C=O) groups excluding carboxylic acids is 1. The average molecular weight is 418 g/mol. The molecular weight excluding hydrogens is 398 g/mol. The summed E-state index contributed by atoms with van der Waals surface area (Å²) in [5.74, 6) is 1.15. The molecule has 1 aliphatic rings. The highest BCUT2D eigenvalue weighted by Gasteiger charge is 2.26. The standard InChI is InChI=1S/C20H20ClN3O3S/c1-26-13-6-7-14(16(12-13)27-2)19(25)23-8-10-24(11-9-23)20-22-18-15(21)4-3-5-17(18)28-20/h3-7,12H,8-11H2,1-2H3. The van der Waals surface area contributed by atoms with E-state index in [1.165, 1.54) is 0 Å². The van der Waals surface area contributed by atoms with E-state index in [9.17, 15) is 4.79 Å². The zero-order valence-electron chi connectivity index (χ0n) is 15.6. The number of nitrogens with zero attached hydrogens (tertiary/aromatic N) is 3. The molecule has 1 amide bonds. The maximum Gasteiger partial charge on any atom is 0.257 e. The van der Waals surface area contributed by atoms with Crippen LogP contribution < -0.4 is 14.4 Å². The Bertz CT molecular complexity index is 1020. The molecule has 2 heterocycles. The Morgan fingerprint density at radius 2 is 1.89 bits per heavy atom. The number of rotatable bonds is 4. The van der Waals surface area contributed by atoms with Gasteiger partial charge in [-0.05, 0) is 24.3 Å². The van der Waals surface area contributed by atoms with Gasteiger partial charge in [-0.25, -0.2) is 4.98 Å². The molecule has 0 atom stereocenters. The van der Waals surface area contributed by atoms with E-state index in [2.05, 4.69) is 9.88 Å². The van der Waals surface area contributed by atoms with E-state index in [4.69, 9.17) is 21.1 Å². The van der Waals surface area contributed by atoms with Crippen molar-refractivity contribution in [1.29, 1.82) is 0 Å². The van der Waals surface area contributed by atoms with Crippen molar-refractivity contribution >= 4 is 44.2 Å². The van der Waals surface area contributed by atoms with E-state index in [1.807, 2.05) is 23.1 Å². The first-order chi connectivity index (χ1) is 13.6. The maximum atomic E-state index is 13.0. The van der Waals surface area contributed by atoms with E-state index < -0.39 is 0 Å². The number of thiazole rings is 1. The van der Waals surface area contributed by atoms with Crippen LogP contribution in [-0.4, -0.2) is 56.2 Å². The third-order valence-corrected chi connectivity index (χ3v) is 6.22. The number of piperazine rings is 1. The topological polar surface area (TPSA) is 54.9 Å². The van der Waals surface area contributed by atoms with Crippen LogP contribution in [0.25, 0.3) is 10.2 Å². The highest BCUT2D eigenvalue weighted by Crippen LogP contribution is 2.33.